The molecule has 4 aliphatic heterocycles. The third kappa shape index (κ3) is 11.8. The van der Waals surface area contributed by atoms with Crippen molar-refractivity contribution in [2.24, 2.45) is 5.92 Å². The van der Waals surface area contributed by atoms with Gasteiger partial charge in [0.15, 0.2) is 5.82 Å². The molecule has 0 spiro atoms. The van der Waals surface area contributed by atoms with Gasteiger partial charge in [0.25, 0.3) is 5.91 Å². The molecule has 0 radical (unpaired) electrons. The Hall–Kier alpha value is -7.49. The molecule has 0 aliphatic carbocycles. The third-order valence-electron chi connectivity index (χ3n) is 15.0. The Morgan fingerprint density at radius 3 is 2.26 bits per heavy atom. The molecule has 3 N–H and O–H groups in total. The molecule has 6 aromatic rings. The van der Waals surface area contributed by atoms with Crippen molar-refractivity contribution in [2.45, 2.75) is 45.5 Å². The van der Waals surface area contributed by atoms with E-state index in [1.54, 1.807) is 24.0 Å². The molecule has 4 aromatic carbocycles. The number of ether oxygens (including phenoxy) is 1. The van der Waals surface area contributed by atoms with Gasteiger partial charge in [-0.05, 0) is 92.2 Å². The average molecular weight is 1080 g/mol. The van der Waals surface area contributed by atoms with Crippen LogP contribution in [-0.2, 0) is 29.1 Å². The van der Waals surface area contributed by atoms with Crippen LogP contribution in [-0.4, -0.2) is 170 Å². The number of benzene rings is 4. The topological polar surface area (TPSA) is 189 Å². The van der Waals surface area contributed by atoms with Crippen LogP contribution in [0, 0.1) is 12.8 Å². The van der Waals surface area contributed by atoms with Gasteiger partial charge in [-0.25, -0.2) is 0 Å². The summed E-state index contributed by atoms with van der Waals surface area (Å²) in [5.41, 5.74) is 4.86. The van der Waals surface area contributed by atoms with Crippen LogP contribution in [0.15, 0.2) is 85.5 Å². The van der Waals surface area contributed by atoms with E-state index in [0.717, 1.165) is 58.1 Å². The number of carbonyl (C=O) groups is 3. The van der Waals surface area contributed by atoms with Gasteiger partial charge in [-0.15, -0.1) is 10.2 Å². The number of aromatic hydroxyl groups is 2. The Labute approximate surface area is 448 Å². The first kappa shape index (κ1) is 52.9. The molecule has 18 nitrogen and oxygen atoms in total. The second kappa shape index (κ2) is 22.6. The number of carbonyl (C=O) groups excluding carboxylic acids is 3. The van der Waals surface area contributed by atoms with Crippen LogP contribution in [0.2, 0.25) is 5.02 Å². The number of fused-ring (bicyclic) bond motifs is 2. The van der Waals surface area contributed by atoms with Crippen LogP contribution in [0.5, 0.6) is 17.5 Å². The van der Waals surface area contributed by atoms with Crippen LogP contribution in [0.3, 0.4) is 0 Å². The second-order valence-corrected chi connectivity index (χ2v) is 20.3. The normalized spacial score (nSPS) is 16.9. The lowest BCUT2D eigenvalue weighted by atomic mass is 9.94. The summed E-state index contributed by atoms with van der Waals surface area (Å²) in [6.45, 7) is 13.1. The second-order valence-electron chi connectivity index (χ2n) is 19.9. The highest BCUT2D eigenvalue weighted by molar-refractivity contribution is 6.36. The predicted molar refractivity (Wildman–Crippen MR) is 284 cm³/mol. The molecule has 2 aromatic heterocycles. The Morgan fingerprint density at radius 1 is 0.831 bits per heavy atom. The summed E-state index contributed by atoms with van der Waals surface area (Å²) in [6.07, 6.45) is -1.15. The molecular weight excluding hydrogens is 1020 g/mol. The van der Waals surface area contributed by atoms with E-state index < -0.39 is 24.5 Å². The summed E-state index contributed by atoms with van der Waals surface area (Å²) < 4.78 is 46.8. The van der Waals surface area contributed by atoms with Crippen LogP contribution in [0.1, 0.15) is 45.8 Å². The quantitative estimate of drug-likeness (QED) is 0.102. The fourth-order valence-electron chi connectivity index (χ4n) is 10.8. The minimum atomic E-state index is -4.66. The smallest absolute Gasteiger partial charge is 0.405 e. The van der Waals surface area contributed by atoms with Gasteiger partial charge in [0, 0.05) is 106 Å². The number of phenolic OH excluding ortho intramolecular Hbond substituents is 2. The van der Waals surface area contributed by atoms with Gasteiger partial charge < -0.3 is 39.9 Å². The van der Waals surface area contributed by atoms with Gasteiger partial charge in [-0.2, -0.15) is 23.1 Å². The lowest BCUT2D eigenvalue weighted by molar-refractivity contribution is -0.139. The molecule has 0 atom stereocenters. The number of piperidine rings is 1. The van der Waals surface area contributed by atoms with E-state index in [4.69, 9.17) is 26.3 Å². The molecule has 0 bridgehead atoms. The Kier molecular flexibility index (Phi) is 15.5. The number of halogens is 4. The number of nitrogens with zero attached hydrogens (tertiary/aromatic N) is 11. The van der Waals surface area contributed by atoms with Crippen LogP contribution < -0.4 is 19.9 Å². The first-order chi connectivity index (χ1) is 37.1. The number of alkyl halides is 3. The summed E-state index contributed by atoms with van der Waals surface area (Å²) in [4.78, 5) is 62.2. The Morgan fingerprint density at radius 2 is 1.55 bits per heavy atom. The van der Waals surface area contributed by atoms with Gasteiger partial charge in [-0.1, -0.05) is 54.6 Å². The number of hydrogen-bond acceptors (Lipinski definition) is 14. The SMILES string of the molecule is C=CC(=O)N1CCN(c2nc(OCCN3CCN(C(=O)C4CCN(Cc5ccc(-n6c(C(=O)NCC(F)(F)F)nnc6-c6cc(C)c(O)cc6O)cc5)CC4)CC3)nc3c2CCN(c2cccc4cccc(Cl)c24)C3)CC1. The number of phenols is 2. The lowest BCUT2D eigenvalue weighted by Gasteiger charge is -2.38. The zero-order valence-electron chi connectivity index (χ0n) is 42.7. The van der Waals surface area contributed by atoms with Gasteiger partial charge in [0.05, 0.1) is 22.8 Å². The van der Waals surface area contributed by atoms with E-state index in [1.807, 2.05) is 34.5 Å². The number of anilines is 2. The molecule has 77 heavy (non-hydrogen) atoms. The number of aromatic nitrogens is 5. The fraction of sp³-hybridized carbons (Fsp3) is 0.400. The van der Waals surface area contributed by atoms with Crippen LogP contribution >= 0.6 is 11.6 Å². The average Bonchev–Trinajstić information content (AvgIpc) is 3.90. The van der Waals surface area contributed by atoms with Crippen molar-refractivity contribution in [1.82, 2.24) is 49.6 Å². The van der Waals surface area contributed by atoms with E-state index >= 15 is 0 Å². The number of likely N-dealkylation sites (tertiary alicyclic amines) is 1. The van der Waals surface area contributed by atoms with Crippen molar-refractivity contribution in [1.29, 1.82) is 0 Å². The summed E-state index contributed by atoms with van der Waals surface area (Å²) in [5, 5.41) is 33.4. The maximum Gasteiger partial charge on any atom is 0.405 e. The first-order valence-corrected chi connectivity index (χ1v) is 26.3. The molecule has 3 amide bonds. The molecule has 22 heteroatoms. The van der Waals surface area contributed by atoms with Crippen LogP contribution in [0.25, 0.3) is 27.8 Å². The molecule has 6 heterocycles. The number of rotatable bonds is 14. The number of amides is 3. The molecular formula is C55H60ClF3N12O6. The standard InChI is InChI=1S/C55H60ClF3N12O6/c1-3-47(74)67-24-26-68(27-25-67)49-40-16-19-70(44-9-5-7-37-6-4-8-42(56)48(37)44)33-43(40)61-54(62-49)77-29-28-65-20-22-69(23-21-65)53(76)38-14-17-66(18-15-38)32-36-10-12-39(13-11-36)71-50(41-30-35(2)45(72)31-46(41)73)63-64-51(71)52(75)60-34-55(57,58)59/h3-13,30-31,38,72-73H,1,14-29,32-34H2,2H3,(H,60,75). The Bertz CT molecular complexity index is 3170. The summed E-state index contributed by atoms with van der Waals surface area (Å²) in [6, 6.07) is 22.1. The number of nitrogens with one attached hydrogen (secondary N) is 1. The van der Waals surface area contributed by atoms with Crippen molar-refractivity contribution in [3.05, 3.63) is 119 Å². The van der Waals surface area contributed by atoms with E-state index in [2.05, 4.69) is 60.6 Å². The van der Waals surface area contributed by atoms with E-state index in [-0.39, 0.29) is 40.6 Å². The van der Waals surface area contributed by atoms with E-state index in [1.165, 1.54) is 16.7 Å². The first-order valence-electron chi connectivity index (χ1n) is 25.9. The van der Waals surface area contributed by atoms with Gasteiger partial charge in [-0.3, -0.25) is 28.8 Å². The van der Waals surface area contributed by atoms with Crippen molar-refractivity contribution < 1.29 is 42.5 Å². The molecule has 404 valence electrons. The highest BCUT2D eigenvalue weighted by atomic mass is 35.5. The zero-order chi connectivity index (χ0) is 54.0. The monoisotopic (exact) mass is 1080 g/mol. The highest BCUT2D eigenvalue weighted by Gasteiger charge is 2.34. The number of hydrogen-bond donors (Lipinski definition) is 3. The fourth-order valence-corrected chi connectivity index (χ4v) is 11.0. The molecule has 0 unspecified atom stereocenters. The number of piperazine rings is 2. The molecule has 10 rings (SSSR count). The molecule has 0 saturated carbocycles. The molecule has 3 fully saturated rings. The summed E-state index contributed by atoms with van der Waals surface area (Å²) in [7, 11) is 0. The lowest BCUT2D eigenvalue weighted by Crippen LogP contribution is -2.52. The maximum atomic E-state index is 13.9. The third-order valence-corrected chi connectivity index (χ3v) is 15.3. The zero-order valence-corrected chi connectivity index (χ0v) is 43.4. The van der Waals surface area contributed by atoms with Crippen LogP contribution in [0.4, 0.5) is 24.7 Å². The van der Waals surface area contributed by atoms with Gasteiger partial charge >= 0.3 is 12.2 Å². The minimum Gasteiger partial charge on any atom is -0.508 e. The maximum absolute atomic E-state index is 13.9. The predicted octanol–water partition coefficient (Wildman–Crippen LogP) is 6.38. The van der Waals surface area contributed by atoms with Crippen molar-refractivity contribution in [3.8, 4) is 34.6 Å². The van der Waals surface area contributed by atoms with Crippen molar-refractivity contribution >= 4 is 51.6 Å². The van der Waals surface area contributed by atoms with E-state index in [0.29, 0.717) is 127 Å². The van der Waals surface area contributed by atoms with Gasteiger partial charge in [0.2, 0.25) is 17.6 Å². The minimum absolute atomic E-state index is 0.00686. The summed E-state index contributed by atoms with van der Waals surface area (Å²) in [5.74, 6) is -1.22. The summed E-state index contributed by atoms with van der Waals surface area (Å²) >= 11 is 6.77. The molecule has 4 aliphatic rings. The molecule has 3 saturated heterocycles. The number of aryl methyl sites for hydroxylation is 1. The highest BCUT2D eigenvalue weighted by Crippen LogP contribution is 2.38. The Balaban J connectivity index is 0.727. The largest absolute Gasteiger partial charge is 0.508 e. The van der Waals surface area contributed by atoms with E-state index in [9.17, 15) is 37.8 Å². The van der Waals surface area contributed by atoms with Crippen molar-refractivity contribution in [3.63, 3.8) is 0 Å². The van der Waals surface area contributed by atoms with Gasteiger partial charge in [0.1, 0.15) is 30.5 Å². The van der Waals surface area contributed by atoms with Crippen molar-refractivity contribution in [2.75, 3.05) is 101 Å².